The van der Waals surface area contributed by atoms with Crippen LogP contribution in [0.1, 0.15) is 36.8 Å². The van der Waals surface area contributed by atoms with E-state index in [0.29, 0.717) is 17.5 Å². The summed E-state index contributed by atoms with van der Waals surface area (Å²) in [5.74, 6) is 1.45. The molecule has 2 aromatic carbocycles. The molecule has 2 atom stereocenters. The lowest BCUT2D eigenvalue weighted by Crippen LogP contribution is -2.41. The van der Waals surface area contributed by atoms with Crippen molar-refractivity contribution in [3.63, 3.8) is 0 Å². The SMILES string of the molecule is CN1CC(CCc2ccc(O)cc2)CCC1CCc1ccc(O)cc1. The third-order valence-corrected chi connectivity index (χ3v) is 5.56. The molecule has 1 saturated heterocycles. The third-order valence-electron chi connectivity index (χ3n) is 5.56. The molecule has 0 bridgehead atoms. The van der Waals surface area contributed by atoms with E-state index >= 15 is 0 Å². The van der Waals surface area contributed by atoms with Crippen LogP contribution in [-0.2, 0) is 12.8 Å². The first-order valence-electron chi connectivity index (χ1n) is 9.36. The van der Waals surface area contributed by atoms with Gasteiger partial charge in [0.15, 0.2) is 0 Å². The highest BCUT2D eigenvalue weighted by atomic mass is 16.3. The first-order valence-corrected chi connectivity index (χ1v) is 9.36. The smallest absolute Gasteiger partial charge is 0.115 e. The Labute approximate surface area is 150 Å². The Balaban J connectivity index is 1.42. The van der Waals surface area contributed by atoms with Gasteiger partial charge in [-0.05, 0) is 86.9 Å². The molecule has 3 rings (SSSR count). The maximum Gasteiger partial charge on any atom is 0.115 e. The van der Waals surface area contributed by atoms with E-state index in [1.807, 2.05) is 24.3 Å². The highest BCUT2D eigenvalue weighted by molar-refractivity contribution is 5.26. The second kappa shape index (κ2) is 8.39. The van der Waals surface area contributed by atoms with Crippen molar-refractivity contribution in [2.45, 2.75) is 44.6 Å². The van der Waals surface area contributed by atoms with Crippen LogP contribution < -0.4 is 0 Å². The molecule has 2 N–H and O–H groups in total. The Kier molecular flexibility index (Phi) is 5.98. The van der Waals surface area contributed by atoms with E-state index in [4.69, 9.17) is 0 Å². The maximum absolute atomic E-state index is 9.37. The van der Waals surface area contributed by atoms with Crippen LogP contribution in [0.5, 0.6) is 11.5 Å². The number of nitrogens with zero attached hydrogens (tertiary/aromatic N) is 1. The van der Waals surface area contributed by atoms with Gasteiger partial charge in [0.1, 0.15) is 11.5 Å². The molecule has 2 unspecified atom stereocenters. The topological polar surface area (TPSA) is 43.7 Å². The van der Waals surface area contributed by atoms with Crippen molar-refractivity contribution in [1.82, 2.24) is 4.90 Å². The van der Waals surface area contributed by atoms with Crippen molar-refractivity contribution < 1.29 is 10.2 Å². The summed E-state index contributed by atoms with van der Waals surface area (Å²) in [6.45, 7) is 1.18. The zero-order valence-corrected chi connectivity index (χ0v) is 15.1. The molecular weight excluding hydrogens is 310 g/mol. The monoisotopic (exact) mass is 339 g/mol. The van der Waals surface area contributed by atoms with E-state index in [-0.39, 0.29) is 0 Å². The highest BCUT2D eigenvalue weighted by Crippen LogP contribution is 2.27. The predicted molar refractivity (Wildman–Crippen MR) is 102 cm³/mol. The number of aromatic hydroxyl groups is 2. The summed E-state index contributed by atoms with van der Waals surface area (Å²) in [4.78, 5) is 2.53. The van der Waals surface area contributed by atoms with Gasteiger partial charge in [0.25, 0.3) is 0 Å². The molecule has 1 fully saturated rings. The zero-order chi connectivity index (χ0) is 17.6. The standard InChI is InChI=1S/C22H29NO2/c1-23-16-19(3-2-17-6-12-21(24)13-7-17)5-11-20(23)10-4-18-8-14-22(25)15-9-18/h6-9,12-15,19-20,24-25H,2-5,10-11,16H2,1H3. The van der Waals surface area contributed by atoms with Gasteiger partial charge in [0.05, 0.1) is 0 Å². The number of likely N-dealkylation sites (tertiary alicyclic amines) is 1. The molecule has 0 aliphatic carbocycles. The minimum atomic E-state index is 0.343. The van der Waals surface area contributed by atoms with E-state index in [2.05, 4.69) is 11.9 Å². The van der Waals surface area contributed by atoms with Gasteiger partial charge in [0.2, 0.25) is 0 Å². The van der Waals surface area contributed by atoms with Crippen LogP contribution in [0.3, 0.4) is 0 Å². The van der Waals surface area contributed by atoms with Gasteiger partial charge in [-0.1, -0.05) is 24.3 Å². The largest absolute Gasteiger partial charge is 0.508 e. The number of hydrogen-bond acceptors (Lipinski definition) is 3. The first kappa shape index (κ1) is 17.8. The lowest BCUT2D eigenvalue weighted by Gasteiger charge is -2.37. The maximum atomic E-state index is 9.37. The molecule has 25 heavy (non-hydrogen) atoms. The molecule has 2 aromatic rings. The Morgan fingerprint density at radius 1 is 0.800 bits per heavy atom. The van der Waals surface area contributed by atoms with Crippen molar-refractivity contribution >= 4 is 0 Å². The first-order chi connectivity index (χ1) is 12.1. The second-order valence-corrected chi connectivity index (χ2v) is 7.45. The average molecular weight is 339 g/mol. The summed E-state index contributed by atoms with van der Waals surface area (Å²) in [5.41, 5.74) is 2.62. The summed E-state index contributed by atoms with van der Waals surface area (Å²) in [5, 5.41) is 18.7. The van der Waals surface area contributed by atoms with Crippen molar-refractivity contribution in [3.05, 3.63) is 59.7 Å². The van der Waals surface area contributed by atoms with E-state index < -0.39 is 0 Å². The molecule has 0 radical (unpaired) electrons. The summed E-state index contributed by atoms with van der Waals surface area (Å²) < 4.78 is 0. The lowest BCUT2D eigenvalue weighted by molar-refractivity contribution is 0.126. The molecular formula is C22H29NO2. The third kappa shape index (κ3) is 5.23. The number of piperidine rings is 1. The summed E-state index contributed by atoms with van der Waals surface area (Å²) in [7, 11) is 2.26. The number of phenols is 2. The molecule has 134 valence electrons. The van der Waals surface area contributed by atoms with Gasteiger partial charge in [-0.3, -0.25) is 0 Å². The van der Waals surface area contributed by atoms with E-state index in [1.165, 1.54) is 43.4 Å². The fourth-order valence-corrected chi connectivity index (χ4v) is 3.93. The molecule has 3 nitrogen and oxygen atoms in total. The minimum absolute atomic E-state index is 0.343. The van der Waals surface area contributed by atoms with Gasteiger partial charge < -0.3 is 15.1 Å². The number of aryl methyl sites for hydroxylation is 2. The van der Waals surface area contributed by atoms with Crippen LogP contribution in [0.2, 0.25) is 0 Å². The van der Waals surface area contributed by atoms with Gasteiger partial charge in [-0.25, -0.2) is 0 Å². The zero-order valence-electron chi connectivity index (χ0n) is 15.1. The fraction of sp³-hybridized carbons (Fsp3) is 0.455. The molecule has 0 aromatic heterocycles. The Morgan fingerprint density at radius 2 is 1.32 bits per heavy atom. The van der Waals surface area contributed by atoms with Crippen molar-refractivity contribution in [1.29, 1.82) is 0 Å². The number of benzene rings is 2. The quantitative estimate of drug-likeness (QED) is 0.821. The number of phenolic OH excluding ortho intramolecular Hbond substituents is 2. The molecule has 0 saturated carbocycles. The average Bonchev–Trinajstić information content (AvgIpc) is 2.62. The fourth-order valence-electron chi connectivity index (χ4n) is 3.93. The van der Waals surface area contributed by atoms with Crippen LogP contribution in [0, 0.1) is 5.92 Å². The Morgan fingerprint density at radius 3 is 1.84 bits per heavy atom. The highest BCUT2D eigenvalue weighted by Gasteiger charge is 2.25. The van der Waals surface area contributed by atoms with Gasteiger partial charge in [-0.2, -0.15) is 0 Å². The molecule has 0 spiro atoms. The van der Waals surface area contributed by atoms with Crippen molar-refractivity contribution in [2.24, 2.45) is 5.92 Å². The molecule has 1 heterocycles. The number of hydrogen-bond donors (Lipinski definition) is 2. The van der Waals surface area contributed by atoms with E-state index in [9.17, 15) is 10.2 Å². The second-order valence-electron chi connectivity index (χ2n) is 7.45. The van der Waals surface area contributed by atoms with Gasteiger partial charge in [-0.15, -0.1) is 0 Å². The summed E-state index contributed by atoms with van der Waals surface area (Å²) in [6.07, 6.45) is 7.16. The Hall–Kier alpha value is -2.00. The normalized spacial score (nSPS) is 21.3. The van der Waals surface area contributed by atoms with Crippen LogP contribution >= 0.6 is 0 Å². The predicted octanol–water partition coefficient (Wildman–Crippen LogP) is 4.37. The molecule has 1 aliphatic rings. The Bertz CT molecular complexity index is 651. The van der Waals surface area contributed by atoms with Crippen LogP contribution in [-0.4, -0.2) is 34.7 Å². The van der Waals surface area contributed by atoms with Crippen LogP contribution in [0.15, 0.2) is 48.5 Å². The molecule has 3 heteroatoms. The minimum Gasteiger partial charge on any atom is -0.508 e. The van der Waals surface area contributed by atoms with Crippen molar-refractivity contribution in [3.8, 4) is 11.5 Å². The van der Waals surface area contributed by atoms with Gasteiger partial charge in [0, 0.05) is 12.6 Å². The van der Waals surface area contributed by atoms with Gasteiger partial charge >= 0.3 is 0 Å². The van der Waals surface area contributed by atoms with E-state index in [0.717, 1.165) is 18.8 Å². The van der Waals surface area contributed by atoms with Crippen LogP contribution in [0.4, 0.5) is 0 Å². The summed E-state index contributed by atoms with van der Waals surface area (Å²) in [6, 6.07) is 15.9. The number of rotatable bonds is 6. The lowest BCUT2D eigenvalue weighted by atomic mass is 9.86. The van der Waals surface area contributed by atoms with Crippen molar-refractivity contribution in [2.75, 3.05) is 13.6 Å². The van der Waals surface area contributed by atoms with Crippen LogP contribution in [0.25, 0.3) is 0 Å². The van der Waals surface area contributed by atoms with E-state index in [1.54, 1.807) is 24.3 Å². The molecule has 0 amide bonds. The summed E-state index contributed by atoms with van der Waals surface area (Å²) >= 11 is 0. The molecule has 1 aliphatic heterocycles.